The predicted octanol–water partition coefficient (Wildman–Crippen LogP) is 0.347. The minimum absolute atomic E-state index is 0.203. The summed E-state index contributed by atoms with van der Waals surface area (Å²) in [5.74, 6) is 1.91. The predicted molar refractivity (Wildman–Crippen MR) is 57.3 cm³/mol. The first-order valence-electron chi connectivity index (χ1n) is 4.85. The van der Waals surface area contributed by atoms with Crippen molar-refractivity contribution in [1.82, 2.24) is 24.7 Å². The molecule has 2 rings (SSSR count). The molecule has 7 heteroatoms. The number of aromatic nitrogens is 5. The topological polar surface area (TPSA) is 91.7 Å². The summed E-state index contributed by atoms with van der Waals surface area (Å²) in [6, 6.07) is 1.69. The summed E-state index contributed by atoms with van der Waals surface area (Å²) in [5.41, 5.74) is 5.43. The minimum atomic E-state index is 0.203. The van der Waals surface area contributed by atoms with Crippen LogP contribution >= 0.6 is 0 Å². The van der Waals surface area contributed by atoms with Crippen LogP contribution in [0.2, 0.25) is 0 Å². The van der Waals surface area contributed by atoms with Crippen LogP contribution in [0.25, 0.3) is 5.82 Å². The Morgan fingerprint density at radius 1 is 1.44 bits per heavy atom. The highest BCUT2D eigenvalue weighted by Gasteiger charge is 2.06. The van der Waals surface area contributed by atoms with Crippen LogP contribution in [0, 0.1) is 6.92 Å². The van der Waals surface area contributed by atoms with Crippen molar-refractivity contribution in [2.45, 2.75) is 13.8 Å². The lowest BCUT2D eigenvalue weighted by molar-refractivity contribution is 0.325. The monoisotopic (exact) mass is 220 g/mol. The number of aryl methyl sites for hydroxylation is 1. The van der Waals surface area contributed by atoms with Crippen molar-refractivity contribution in [3.05, 3.63) is 18.2 Å². The molecular formula is C9H12N6O. The molecule has 0 radical (unpaired) electrons. The first-order valence-corrected chi connectivity index (χ1v) is 4.85. The van der Waals surface area contributed by atoms with Gasteiger partial charge in [-0.05, 0) is 13.8 Å². The van der Waals surface area contributed by atoms with E-state index in [-0.39, 0.29) is 5.95 Å². The Kier molecular flexibility index (Phi) is 2.67. The molecule has 7 nitrogen and oxygen atoms in total. The number of nitrogens with zero attached hydrogens (tertiary/aromatic N) is 5. The van der Waals surface area contributed by atoms with Gasteiger partial charge in [-0.1, -0.05) is 0 Å². The zero-order valence-corrected chi connectivity index (χ0v) is 9.08. The van der Waals surface area contributed by atoms with E-state index in [0.717, 1.165) is 0 Å². The minimum Gasteiger partial charge on any atom is -0.478 e. The zero-order chi connectivity index (χ0) is 11.5. The molecule has 16 heavy (non-hydrogen) atoms. The number of hydrogen-bond donors (Lipinski definition) is 1. The van der Waals surface area contributed by atoms with Crippen LogP contribution < -0.4 is 10.5 Å². The average molecular weight is 220 g/mol. The van der Waals surface area contributed by atoms with Crippen molar-refractivity contribution in [3.63, 3.8) is 0 Å². The number of nitrogen functional groups attached to an aromatic ring is 1. The standard InChI is InChI=1S/C9H12N6O/c1-3-16-8-4-7(12-6(2)13-8)15-5-11-9(10)14-15/h4-5H,3H2,1-2H3,(H2,10,14). The van der Waals surface area contributed by atoms with E-state index in [1.54, 1.807) is 13.0 Å². The largest absolute Gasteiger partial charge is 0.478 e. The van der Waals surface area contributed by atoms with Crippen molar-refractivity contribution in [2.75, 3.05) is 12.3 Å². The highest BCUT2D eigenvalue weighted by molar-refractivity contribution is 5.28. The zero-order valence-electron chi connectivity index (χ0n) is 9.08. The SMILES string of the molecule is CCOc1cc(-n2cnc(N)n2)nc(C)n1. The van der Waals surface area contributed by atoms with Crippen LogP contribution in [0.4, 0.5) is 5.95 Å². The van der Waals surface area contributed by atoms with Gasteiger partial charge in [-0.15, -0.1) is 5.10 Å². The van der Waals surface area contributed by atoms with Gasteiger partial charge in [0.25, 0.3) is 0 Å². The number of rotatable bonds is 3. The second-order valence-corrected chi connectivity index (χ2v) is 3.09. The molecule has 84 valence electrons. The van der Waals surface area contributed by atoms with Crippen LogP contribution in [0.3, 0.4) is 0 Å². The highest BCUT2D eigenvalue weighted by atomic mass is 16.5. The smallest absolute Gasteiger partial charge is 0.239 e. The third kappa shape index (κ3) is 2.08. The molecule has 0 aliphatic rings. The second kappa shape index (κ2) is 4.13. The maximum absolute atomic E-state index is 5.43. The van der Waals surface area contributed by atoms with Crippen LogP contribution in [-0.4, -0.2) is 31.3 Å². The third-order valence-electron chi connectivity index (χ3n) is 1.84. The number of nitrogens with two attached hydrogens (primary N) is 1. The van der Waals surface area contributed by atoms with Gasteiger partial charge in [-0.3, -0.25) is 0 Å². The van der Waals surface area contributed by atoms with E-state index in [0.29, 0.717) is 24.1 Å². The van der Waals surface area contributed by atoms with Gasteiger partial charge in [0, 0.05) is 6.07 Å². The number of ether oxygens (including phenoxy) is 1. The van der Waals surface area contributed by atoms with Crippen LogP contribution in [-0.2, 0) is 0 Å². The maximum atomic E-state index is 5.43. The summed E-state index contributed by atoms with van der Waals surface area (Å²) in [4.78, 5) is 12.2. The van der Waals surface area contributed by atoms with Crippen LogP contribution in [0.5, 0.6) is 5.88 Å². The molecule has 0 amide bonds. The van der Waals surface area contributed by atoms with Crippen molar-refractivity contribution < 1.29 is 4.74 Å². The van der Waals surface area contributed by atoms with Gasteiger partial charge >= 0.3 is 0 Å². The normalized spacial score (nSPS) is 10.4. The highest BCUT2D eigenvalue weighted by Crippen LogP contribution is 2.12. The van der Waals surface area contributed by atoms with Crippen molar-refractivity contribution in [3.8, 4) is 11.7 Å². The van der Waals surface area contributed by atoms with Crippen molar-refractivity contribution >= 4 is 5.95 Å². The lowest BCUT2D eigenvalue weighted by Gasteiger charge is -2.05. The van der Waals surface area contributed by atoms with E-state index in [9.17, 15) is 0 Å². The fourth-order valence-corrected chi connectivity index (χ4v) is 1.25. The molecule has 2 heterocycles. The first kappa shape index (κ1) is 10.3. The molecule has 0 spiro atoms. The van der Waals surface area contributed by atoms with Gasteiger partial charge in [-0.25, -0.2) is 14.6 Å². The summed E-state index contributed by atoms with van der Waals surface area (Å²) in [6.45, 7) is 4.23. The molecule has 0 atom stereocenters. The number of anilines is 1. The van der Waals surface area contributed by atoms with E-state index < -0.39 is 0 Å². The van der Waals surface area contributed by atoms with E-state index in [1.165, 1.54) is 11.0 Å². The first-order chi connectivity index (χ1) is 7.69. The molecule has 0 saturated heterocycles. The fourth-order valence-electron chi connectivity index (χ4n) is 1.25. The van der Waals surface area contributed by atoms with Gasteiger partial charge in [0.15, 0.2) is 5.82 Å². The molecule has 0 saturated carbocycles. The molecule has 0 unspecified atom stereocenters. The van der Waals surface area contributed by atoms with E-state index >= 15 is 0 Å². The Balaban J connectivity index is 2.40. The Morgan fingerprint density at radius 2 is 2.25 bits per heavy atom. The molecule has 0 aromatic carbocycles. The lowest BCUT2D eigenvalue weighted by atomic mass is 10.5. The Morgan fingerprint density at radius 3 is 2.88 bits per heavy atom. The summed E-state index contributed by atoms with van der Waals surface area (Å²) >= 11 is 0. The molecular weight excluding hydrogens is 208 g/mol. The van der Waals surface area contributed by atoms with Crippen molar-refractivity contribution in [2.24, 2.45) is 0 Å². The quantitative estimate of drug-likeness (QED) is 0.802. The molecule has 0 fully saturated rings. The Hall–Kier alpha value is -2.18. The fraction of sp³-hybridized carbons (Fsp3) is 0.333. The summed E-state index contributed by atoms with van der Waals surface area (Å²) in [6.07, 6.45) is 1.49. The Labute approximate surface area is 92.3 Å². The third-order valence-corrected chi connectivity index (χ3v) is 1.84. The maximum Gasteiger partial charge on any atom is 0.239 e. The van der Waals surface area contributed by atoms with Crippen molar-refractivity contribution in [1.29, 1.82) is 0 Å². The summed E-state index contributed by atoms with van der Waals surface area (Å²) < 4.78 is 6.79. The van der Waals surface area contributed by atoms with Crippen LogP contribution in [0.15, 0.2) is 12.4 Å². The van der Waals surface area contributed by atoms with Gasteiger partial charge in [-0.2, -0.15) is 4.98 Å². The second-order valence-electron chi connectivity index (χ2n) is 3.09. The van der Waals surface area contributed by atoms with Gasteiger partial charge in [0.05, 0.1) is 6.61 Å². The molecule has 0 aliphatic heterocycles. The molecule has 2 N–H and O–H groups in total. The van der Waals surface area contributed by atoms with Gasteiger partial charge in [0.2, 0.25) is 11.8 Å². The van der Waals surface area contributed by atoms with E-state index in [1.807, 2.05) is 6.92 Å². The Bertz CT molecular complexity index is 494. The van der Waals surface area contributed by atoms with E-state index in [2.05, 4.69) is 20.1 Å². The summed E-state index contributed by atoms with van der Waals surface area (Å²) in [5, 5.41) is 3.96. The molecule has 0 bridgehead atoms. The summed E-state index contributed by atoms with van der Waals surface area (Å²) in [7, 11) is 0. The molecule has 2 aromatic rings. The average Bonchev–Trinajstić information content (AvgIpc) is 2.64. The molecule has 2 aromatic heterocycles. The number of hydrogen-bond acceptors (Lipinski definition) is 6. The van der Waals surface area contributed by atoms with Gasteiger partial charge in [0.1, 0.15) is 12.2 Å². The van der Waals surface area contributed by atoms with Crippen LogP contribution in [0.1, 0.15) is 12.7 Å². The van der Waals surface area contributed by atoms with E-state index in [4.69, 9.17) is 10.5 Å². The molecule has 0 aliphatic carbocycles. The lowest BCUT2D eigenvalue weighted by Crippen LogP contribution is -2.04. The van der Waals surface area contributed by atoms with Gasteiger partial charge < -0.3 is 10.5 Å².